The van der Waals surface area contributed by atoms with Crippen LogP contribution in [0.3, 0.4) is 0 Å². The Kier molecular flexibility index (Phi) is 6.08. The molecule has 0 radical (unpaired) electrons. The maximum atomic E-state index is 11.6. The fourth-order valence-corrected chi connectivity index (χ4v) is 1.54. The van der Waals surface area contributed by atoms with Crippen LogP contribution in [-0.4, -0.2) is 24.8 Å². The van der Waals surface area contributed by atoms with E-state index >= 15 is 0 Å². The second kappa shape index (κ2) is 7.61. The fourth-order valence-electron chi connectivity index (χ4n) is 1.54. The largest absolute Gasteiger partial charge is 0.326 e. The highest BCUT2D eigenvalue weighted by molar-refractivity contribution is 5.97. The van der Waals surface area contributed by atoms with Crippen molar-refractivity contribution in [2.45, 2.75) is 26.7 Å². The van der Waals surface area contributed by atoms with Crippen LogP contribution in [0.1, 0.15) is 37.0 Å². The molecule has 0 saturated heterocycles. The molecule has 0 saturated carbocycles. The van der Waals surface area contributed by atoms with E-state index < -0.39 is 0 Å². The summed E-state index contributed by atoms with van der Waals surface area (Å²) in [6, 6.07) is 6.98. The maximum Gasteiger partial charge on any atom is 0.225 e. The van der Waals surface area contributed by atoms with Crippen LogP contribution < -0.4 is 10.6 Å². The fraction of sp³-hybridized carbons (Fsp3) is 0.429. The minimum absolute atomic E-state index is 0.00397. The third-order valence-electron chi connectivity index (χ3n) is 2.51. The van der Waals surface area contributed by atoms with Gasteiger partial charge in [-0.15, -0.1) is 0 Å². The molecule has 0 bridgehead atoms. The predicted octanol–water partition coefficient (Wildman–Crippen LogP) is 2.22. The number of carbonyl (C=O) groups excluding carboxylic acids is 2. The van der Waals surface area contributed by atoms with Gasteiger partial charge in [0, 0.05) is 24.2 Å². The van der Waals surface area contributed by atoms with E-state index in [0.717, 1.165) is 13.0 Å². The van der Waals surface area contributed by atoms with E-state index in [2.05, 4.69) is 17.6 Å². The van der Waals surface area contributed by atoms with Crippen molar-refractivity contribution in [3.63, 3.8) is 0 Å². The standard InChI is InChI=1S/C14H20N2O2/c1-3-8-15-9-7-14(18)16-13-6-4-5-12(10-13)11(2)17/h4-6,10,15H,3,7-9H2,1-2H3,(H,16,18). The average Bonchev–Trinajstić information content (AvgIpc) is 2.35. The zero-order valence-corrected chi connectivity index (χ0v) is 11.0. The summed E-state index contributed by atoms with van der Waals surface area (Å²) in [5, 5.41) is 5.95. The minimum atomic E-state index is -0.0423. The summed E-state index contributed by atoms with van der Waals surface area (Å²) < 4.78 is 0. The molecule has 0 aliphatic carbocycles. The zero-order chi connectivity index (χ0) is 13.4. The van der Waals surface area contributed by atoms with Gasteiger partial charge in [-0.05, 0) is 32.0 Å². The van der Waals surface area contributed by atoms with Crippen LogP contribution in [0.2, 0.25) is 0 Å². The van der Waals surface area contributed by atoms with Gasteiger partial charge in [-0.25, -0.2) is 0 Å². The molecule has 4 heteroatoms. The molecule has 0 unspecified atom stereocenters. The highest BCUT2D eigenvalue weighted by Crippen LogP contribution is 2.11. The Bertz CT molecular complexity index is 416. The van der Waals surface area contributed by atoms with E-state index in [1.54, 1.807) is 24.3 Å². The maximum absolute atomic E-state index is 11.6. The molecule has 1 aromatic rings. The highest BCUT2D eigenvalue weighted by Gasteiger charge is 2.04. The molecular formula is C14H20N2O2. The van der Waals surface area contributed by atoms with Crippen molar-refractivity contribution >= 4 is 17.4 Å². The van der Waals surface area contributed by atoms with E-state index in [1.807, 2.05) is 0 Å². The Morgan fingerprint density at radius 3 is 2.67 bits per heavy atom. The Morgan fingerprint density at radius 2 is 2.00 bits per heavy atom. The highest BCUT2D eigenvalue weighted by atomic mass is 16.1. The molecule has 0 spiro atoms. The van der Waals surface area contributed by atoms with Gasteiger partial charge in [-0.3, -0.25) is 9.59 Å². The Hall–Kier alpha value is -1.68. The van der Waals surface area contributed by atoms with Crippen LogP contribution in [0.4, 0.5) is 5.69 Å². The Labute approximate surface area is 108 Å². The van der Waals surface area contributed by atoms with Gasteiger partial charge in [0.1, 0.15) is 0 Å². The second-order valence-electron chi connectivity index (χ2n) is 4.19. The van der Waals surface area contributed by atoms with E-state index in [1.165, 1.54) is 6.92 Å². The van der Waals surface area contributed by atoms with Crippen LogP contribution in [0.25, 0.3) is 0 Å². The first-order valence-electron chi connectivity index (χ1n) is 6.25. The normalized spacial score (nSPS) is 10.1. The van der Waals surface area contributed by atoms with Crippen molar-refractivity contribution in [3.8, 4) is 0 Å². The van der Waals surface area contributed by atoms with E-state index in [-0.39, 0.29) is 11.7 Å². The molecule has 1 amide bonds. The minimum Gasteiger partial charge on any atom is -0.326 e. The van der Waals surface area contributed by atoms with Crippen LogP contribution in [0.15, 0.2) is 24.3 Å². The lowest BCUT2D eigenvalue weighted by Gasteiger charge is -2.06. The summed E-state index contributed by atoms with van der Waals surface area (Å²) in [6.07, 6.45) is 1.49. The summed E-state index contributed by atoms with van der Waals surface area (Å²) in [7, 11) is 0. The summed E-state index contributed by atoms with van der Waals surface area (Å²) in [5.41, 5.74) is 1.28. The third-order valence-corrected chi connectivity index (χ3v) is 2.51. The number of nitrogens with one attached hydrogen (secondary N) is 2. The molecule has 0 aliphatic heterocycles. The number of hydrogen-bond acceptors (Lipinski definition) is 3. The van der Waals surface area contributed by atoms with E-state index in [4.69, 9.17) is 0 Å². The number of amides is 1. The monoisotopic (exact) mass is 248 g/mol. The number of ketones is 1. The van der Waals surface area contributed by atoms with Crippen molar-refractivity contribution in [2.24, 2.45) is 0 Å². The molecule has 1 rings (SSSR count). The van der Waals surface area contributed by atoms with Crippen LogP contribution in [0, 0.1) is 0 Å². The van der Waals surface area contributed by atoms with Gasteiger partial charge >= 0.3 is 0 Å². The molecule has 0 aromatic heterocycles. The number of hydrogen-bond donors (Lipinski definition) is 2. The quantitative estimate of drug-likeness (QED) is 0.574. The lowest BCUT2D eigenvalue weighted by Crippen LogP contribution is -2.22. The SMILES string of the molecule is CCCNCCC(=O)Nc1cccc(C(C)=O)c1. The van der Waals surface area contributed by atoms with Gasteiger partial charge in [0.05, 0.1) is 0 Å². The van der Waals surface area contributed by atoms with Crippen molar-refractivity contribution in [2.75, 3.05) is 18.4 Å². The van der Waals surface area contributed by atoms with Crippen molar-refractivity contribution in [1.82, 2.24) is 5.32 Å². The van der Waals surface area contributed by atoms with E-state index in [0.29, 0.717) is 24.2 Å². The summed E-state index contributed by atoms with van der Waals surface area (Å²) in [6.45, 7) is 5.19. The first-order valence-corrected chi connectivity index (χ1v) is 6.25. The lowest BCUT2D eigenvalue weighted by molar-refractivity contribution is -0.116. The second-order valence-corrected chi connectivity index (χ2v) is 4.19. The van der Waals surface area contributed by atoms with Gasteiger partial charge in [-0.2, -0.15) is 0 Å². The molecule has 98 valence electrons. The number of rotatable bonds is 7. The van der Waals surface area contributed by atoms with E-state index in [9.17, 15) is 9.59 Å². The average molecular weight is 248 g/mol. The number of Topliss-reactive ketones (excluding diaryl/α,β-unsaturated/α-hetero) is 1. The number of benzene rings is 1. The molecule has 2 N–H and O–H groups in total. The van der Waals surface area contributed by atoms with Gasteiger partial charge in [-0.1, -0.05) is 19.1 Å². The summed E-state index contributed by atoms with van der Waals surface area (Å²) in [4.78, 5) is 22.8. The zero-order valence-electron chi connectivity index (χ0n) is 11.0. The van der Waals surface area contributed by atoms with Crippen LogP contribution >= 0.6 is 0 Å². The van der Waals surface area contributed by atoms with Gasteiger partial charge in [0.25, 0.3) is 0 Å². The molecule has 18 heavy (non-hydrogen) atoms. The van der Waals surface area contributed by atoms with Gasteiger partial charge in [0.2, 0.25) is 5.91 Å². The van der Waals surface area contributed by atoms with Crippen LogP contribution in [-0.2, 0) is 4.79 Å². The third kappa shape index (κ3) is 5.10. The summed E-state index contributed by atoms with van der Waals surface area (Å²) >= 11 is 0. The topological polar surface area (TPSA) is 58.2 Å². The van der Waals surface area contributed by atoms with Gasteiger partial charge < -0.3 is 10.6 Å². The molecule has 0 aliphatic rings. The molecule has 0 atom stereocenters. The molecule has 0 heterocycles. The first kappa shape index (κ1) is 14.4. The van der Waals surface area contributed by atoms with Crippen molar-refractivity contribution in [1.29, 1.82) is 0 Å². The molecule has 1 aromatic carbocycles. The Morgan fingerprint density at radius 1 is 1.22 bits per heavy atom. The first-order chi connectivity index (χ1) is 8.63. The number of carbonyl (C=O) groups is 2. The van der Waals surface area contributed by atoms with Crippen molar-refractivity contribution < 1.29 is 9.59 Å². The van der Waals surface area contributed by atoms with Crippen molar-refractivity contribution in [3.05, 3.63) is 29.8 Å². The molecule has 4 nitrogen and oxygen atoms in total. The molecular weight excluding hydrogens is 228 g/mol. The Balaban J connectivity index is 2.44. The van der Waals surface area contributed by atoms with Gasteiger partial charge in [0.15, 0.2) is 5.78 Å². The molecule has 0 fully saturated rings. The summed E-state index contributed by atoms with van der Waals surface area (Å²) in [5.74, 6) is -0.0463. The van der Waals surface area contributed by atoms with Crippen LogP contribution in [0.5, 0.6) is 0 Å². The lowest BCUT2D eigenvalue weighted by atomic mass is 10.1. The number of anilines is 1. The predicted molar refractivity (Wildman–Crippen MR) is 72.9 cm³/mol. The smallest absolute Gasteiger partial charge is 0.225 e.